The molecule has 0 aromatic heterocycles. The molecule has 0 amide bonds. The molecule has 1 aromatic carbocycles. The summed E-state index contributed by atoms with van der Waals surface area (Å²) < 4.78 is 10.6. The lowest BCUT2D eigenvalue weighted by Crippen LogP contribution is -2.16. The van der Waals surface area contributed by atoms with Gasteiger partial charge in [-0.05, 0) is 37.6 Å². The van der Waals surface area contributed by atoms with Crippen molar-refractivity contribution in [1.82, 2.24) is 5.32 Å². The highest BCUT2D eigenvalue weighted by molar-refractivity contribution is 5.27. The van der Waals surface area contributed by atoms with Crippen LogP contribution in [0.4, 0.5) is 0 Å². The fourth-order valence-electron chi connectivity index (χ4n) is 1.57. The molecule has 0 spiro atoms. The highest BCUT2D eigenvalue weighted by Crippen LogP contribution is 2.11. The number of benzene rings is 1. The molecule has 0 saturated carbocycles. The number of aliphatic hydroxyl groups is 1. The Morgan fingerprint density at radius 2 is 1.94 bits per heavy atom. The lowest BCUT2D eigenvalue weighted by Gasteiger charge is -2.07. The molecule has 0 aliphatic heterocycles. The first-order valence-corrected chi connectivity index (χ1v) is 6.48. The first-order chi connectivity index (χ1) is 8.86. The Morgan fingerprint density at radius 3 is 2.61 bits per heavy atom. The van der Waals surface area contributed by atoms with E-state index in [2.05, 4.69) is 17.4 Å². The van der Waals surface area contributed by atoms with Gasteiger partial charge in [-0.3, -0.25) is 0 Å². The van der Waals surface area contributed by atoms with E-state index in [0.717, 1.165) is 25.3 Å². The van der Waals surface area contributed by atoms with Crippen molar-refractivity contribution in [3.63, 3.8) is 0 Å². The van der Waals surface area contributed by atoms with Gasteiger partial charge in [0.25, 0.3) is 0 Å². The Hall–Kier alpha value is -1.10. The van der Waals surface area contributed by atoms with Crippen molar-refractivity contribution in [1.29, 1.82) is 0 Å². The summed E-state index contributed by atoms with van der Waals surface area (Å²) in [6, 6.07) is 8.12. The molecule has 102 valence electrons. The smallest absolute Gasteiger partial charge is 0.119 e. The van der Waals surface area contributed by atoms with Crippen molar-refractivity contribution >= 4 is 0 Å². The topological polar surface area (TPSA) is 50.7 Å². The molecule has 0 fully saturated rings. The second kappa shape index (κ2) is 9.88. The van der Waals surface area contributed by atoms with Gasteiger partial charge in [0.1, 0.15) is 5.75 Å². The maximum atomic E-state index is 8.53. The molecule has 4 nitrogen and oxygen atoms in total. The Kier molecular flexibility index (Phi) is 8.21. The summed E-state index contributed by atoms with van der Waals surface area (Å²) in [5, 5.41) is 11.9. The van der Waals surface area contributed by atoms with Crippen LogP contribution >= 0.6 is 0 Å². The van der Waals surface area contributed by atoms with Gasteiger partial charge in [-0.15, -0.1) is 0 Å². The average molecular weight is 253 g/mol. The van der Waals surface area contributed by atoms with E-state index in [4.69, 9.17) is 14.6 Å². The van der Waals surface area contributed by atoms with Gasteiger partial charge in [-0.1, -0.05) is 12.1 Å². The Balaban J connectivity index is 2.08. The molecule has 0 atom stereocenters. The van der Waals surface area contributed by atoms with E-state index in [1.54, 1.807) is 0 Å². The first-order valence-electron chi connectivity index (χ1n) is 6.48. The summed E-state index contributed by atoms with van der Waals surface area (Å²) in [7, 11) is 0. The quantitative estimate of drug-likeness (QED) is 0.622. The molecule has 4 heteroatoms. The monoisotopic (exact) mass is 253 g/mol. The molecule has 0 aliphatic rings. The molecule has 0 aliphatic carbocycles. The lowest BCUT2D eigenvalue weighted by atomic mass is 10.2. The van der Waals surface area contributed by atoms with Crippen LogP contribution in [0.3, 0.4) is 0 Å². The van der Waals surface area contributed by atoms with Gasteiger partial charge in [0, 0.05) is 13.2 Å². The molecule has 0 bridgehead atoms. The van der Waals surface area contributed by atoms with Gasteiger partial charge >= 0.3 is 0 Å². The molecule has 18 heavy (non-hydrogen) atoms. The van der Waals surface area contributed by atoms with Gasteiger partial charge in [0.15, 0.2) is 0 Å². The maximum absolute atomic E-state index is 8.53. The van der Waals surface area contributed by atoms with E-state index in [0.29, 0.717) is 19.8 Å². The minimum atomic E-state index is 0.0968. The molecule has 2 N–H and O–H groups in total. The molecule has 0 heterocycles. The third-order valence-electron chi connectivity index (χ3n) is 2.44. The molecule has 0 saturated heterocycles. The van der Waals surface area contributed by atoms with Crippen LogP contribution in [-0.2, 0) is 11.3 Å². The fraction of sp³-hybridized carbons (Fsp3) is 0.571. The van der Waals surface area contributed by atoms with Crippen LogP contribution in [0, 0.1) is 0 Å². The van der Waals surface area contributed by atoms with Crippen LogP contribution in [0.25, 0.3) is 0 Å². The molecule has 1 rings (SSSR count). The zero-order valence-electron chi connectivity index (χ0n) is 11.0. The normalized spacial score (nSPS) is 10.6. The number of nitrogens with one attached hydrogen (secondary N) is 1. The lowest BCUT2D eigenvalue weighted by molar-refractivity contribution is 0.0907. The second-order valence-electron chi connectivity index (χ2n) is 3.94. The third-order valence-corrected chi connectivity index (χ3v) is 2.44. The van der Waals surface area contributed by atoms with E-state index < -0.39 is 0 Å². The second-order valence-corrected chi connectivity index (χ2v) is 3.94. The maximum Gasteiger partial charge on any atom is 0.119 e. The van der Waals surface area contributed by atoms with Crippen molar-refractivity contribution in [3.05, 3.63) is 29.8 Å². The van der Waals surface area contributed by atoms with Crippen molar-refractivity contribution in [2.24, 2.45) is 0 Å². The van der Waals surface area contributed by atoms with Crippen LogP contribution in [-0.4, -0.2) is 38.1 Å². The molecule has 1 aromatic rings. The number of hydrogen-bond acceptors (Lipinski definition) is 4. The standard InChI is InChI=1S/C14H23NO3/c1-2-18-14-6-4-13(5-7-14)12-15-8-3-10-17-11-9-16/h4-7,15-16H,2-3,8-12H2,1H3. The first kappa shape index (κ1) is 15.0. The van der Waals surface area contributed by atoms with Crippen molar-refractivity contribution in [2.45, 2.75) is 19.9 Å². The summed E-state index contributed by atoms with van der Waals surface area (Å²) in [5.74, 6) is 0.915. The molecule has 0 unspecified atom stereocenters. The summed E-state index contributed by atoms with van der Waals surface area (Å²) >= 11 is 0. The summed E-state index contributed by atoms with van der Waals surface area (Å²) in [4.78, 5) is 0. The number of hydrogen-bond donors (Lipinski definition) is 2. The minimum absolute atomic E-state index is 0.0968. The van der Waals surface area contributed by atoms with Crippen molar-refractivity contribution < 1.29 is 14.6 Å². The third kappa shape index (κ3) is 6.59. The van der Waals surface area contributed by atoms with E-state index >= 15 is 0 Å². The highest BCUT2D eigenvalue weighted by Gasteiger charge is 1.95. The minimum Gasteiger partial charge on any atom is -0.494 e. The zero-order valence-corrected chi connectivity index (χ0v) is 11.0. The Labute approximate surface area is 109 Å². The molecular formula is C14H23NO3. The van der Waals surface area contributed by atoms with E-state index in [-0.39, 0.29) is 6.61 Å². The van der Waals surface area contributed by atoms with Crippen LogP contribution in [0.1, 0.15) is 18.9 Å². The Bertz CT molecular complexity index is 300. The van der Waals surface area contributed by atoms with Crippen molar-refractivity contribution in [3.8, 4) is 5.75 Å². The molecule has 0 radical (unpaired) electrons. The predicted octanol–water partition coefficient (Wildman–Crippen LogP) is 1.57. The summed E-state index contributed by atoms with van der Waals surface area (Å²) in [5.41, 5.74) is 1.25. The van der Waals surface area contributed by atoms with E-state index in [9.17, 15) is 0 Å². The van der Waals surface area contributed by atoms with Crippen LogP contribution in [0.2, 0.25) is 0 Å². The van der Waals surface area contributed by atoms with Crippen LogP contribution in [0.5, 0.6) is 5.75 Å². The highest BCUT2D eigenvalue weighted by atomic mass is 16.5. The number of aliphatic hydroxyl groups excluding tert-OH is 1. The van der Waals surface area contributed by atoms with Gasteiger partial charge < -0.3 is 19.9 Å². The van der Waals surface area contributed by atoms with Gasteiger partial charge in [-0.2, -0.15) is 0 Å². The number of rotatable bonds is 10. The van der Waals surface area contributed by atoms with Gasteiger partial charge in [0.05, 0.1) is 19.8 Å². The van der Waals surface area contributed by atoms with Crippen molar-refractivity contribution in [2.75, 3.05) is 33.0 Å². The fourth-order valence-corrected chi connectivity index (χ4v) is 1.57. The van der Waals surface area contributed by atoms with Gasteiger partial charge in [0.2, 0.25) is 0 Å². The number of ether oxygens (including phenoxy) is 2. The summed E-state index contributed by atoms with van der Waals surface area (Å²) in [6.45, 7) is 5.67. The predicted molar refractivity (Wildman–Crippen MR) is 71.8 cm³/mol. The average Bonchev–Trinajstić information content (AvgIpc) is 2.40. The van der Waals surface area contributed by atoms with Gasteiger partial charge in [-0.25, -0.2) is 0 Å². The van der Waals surface area contributed by atoms with Crippen LogP contribution < -0.4 is 10.1 Å². The Morgan fingerprint density at radius 1 is 1.17 bits per heavy atom. The zero-order chi connectivity index (χ0) is 13.1. The van der Waals surface area contributed by atoms with Crippen LogP contribution in [0.15, 0.2) is 24.3 Å². The van der Waals surface area contributed by atoms with E-state index in [1.807, 2.05) is 19.1 Å². The summed E-state index contributed by atoms with van der Waals surface area (Å²) in [6.07, 6.45) is 0.955. The largest absolute Gasteiger partial charge is 0.494 e. The SMILES string of the molecule is CCOc1ccc(CNCCCOCCO)cc1. The van der Waals surface area contributed by atoms with E-state index in [1.165, 1.54) is 5.56 Å². The molecular weight excluding hydrogens is 230 g/mol.